The Kier molecular flexibility index (Phi) is 6.50. The summed E-state index contributed by atoms with van der Waals surface area (Å²) in [6.45, 7) is 0.435. The zero-order chi connectivity index (χ0) is 24.9. The molecule has 0 atom stereocenters. The minimum Gasteiger partial charge on any atom is -0.382 e. The van der Waals surface area contributed by atoms with Crippen molar-refractivity contribution in [3.8, 4) is 11.3 Å². The second-order valence-corrected chi connectivity index (χ2v) is 8.86. The summed E-state index contributed by atoms with van der Waals surface area (Å²) in [4.78, 5) is 26.0. The standard InChI is InChI=1S/C26H22N8OS/c27-23-22(24(28)33-34-26-32-19-11-4-5-12-21(19)36-26)31-20(15-29-23)17-9-6-10-18(13-17)25(35)30-14-16-7-2-1-3-8-16/h1-13,15H,14H2,(H2,27,29)(H2,28,33)(H,30,35)(H,32,34). The van der Waals surface area contributed by atoms with Crippen LogP contribution in [0.15, 0.2) is 90.2 Å². The third-order valence-corrected chi connectivity index (χ3v) is 6.27. The smallest absolute Gasteiger partial charge is 0.251 e. The molecule has 2 heterocycles. The summed E-state index contributed by atoms with van der Waals surface area (Å²) in [6, 6.07) is 24.6. The Morgan fingerprint density at radius 1 is 0.972 bits per heavy atom. The molecule has 36 heavy (non-hydrogen) atoms. The number of benzene rings is 3. The van der Waals surface area contributed by atoms with Crippen molar-refractivity contribution in [1.29, 1.82) is 0 Å². The highest BCUT2D eigenvalue weighted by Gasteiger charge is 2.13. The molecule has 0 radical (unpaired) electrons. The van der Waals surface area contributed by atoms with E-state index in [1.807, 2.05) is 60.7 Å². The van der Waals surface area contributed by atoms with Gasteiger partial charge in [-0.25, -0.2) is 15.0 Å². The summed E-state index contributed by atoms with van der Waals surface area (Å²) in [7, 11) is 0. The third kappa shape index (κ3) is 5.13. The molecule has 0 aliphatic heterocycles. The minimum atomic E-state index is -0.189. The SMILES string of the molecule is NC(=NNc1nc2ccccc2s1)c1nc(-c2cccc(C(=O)NCc3ccccc3)c2)cnc1N. The van der Waals surface area contributed by atoms with Gasteiger partial charge in [-0.3, -0.25) is 10.2 Å². The van der Waals surface area contributed by atoms with Crippen LogP contribution in [0, 0.1) is 0 Å². The van der Waals surface area contributed by atoms with Crippen LogP contribution in [0.4, 0.5) is 10.9 Å². The topological polar surface area (TPSA) is 144 Å². The largest absolute Gasteiger partial charge is 0.382 e. The van der Waals surface area contributed by atoms with Crippen LogP contribution in [0.5, 0.6) is 0 Å². The van der Waals surface area contributed by atoms with Gasteiger partial charge in [0.1, 0.15) is 5.69 Å². The Morgan fingerprint density at radius 3 is 2.61 bits per heavy atom. The highest BCUT2D eigenvalue weighted by Crippen LogP contribution is 2.25. The number of para-hydroxylation sites is 1. The zero-order valence-corrected chi connectivity index (χ0v) is 19.9. The Balaban J connectivity index is 1.34. The quantitative estimate of drug-likeness (QED) is 0.152. The molecule has 5 aromatic rings. The number of anilines is 2. The number of thiazole rings is 1. The van der Waals surface area contributed by atoms with Crippen LogP contribution < -0.4 is 22.2 Å². The van der Waals surface area contributed by atoms with E-state index >= 15 is 0 Å². The molecule has 0 spiro atoms. The average molecular weight is 495 g/mol. The number of rotatable bonds is 7. The van der Waals surface area contributed by atoms with E-state index in [2.05, 4.69) is 30.8 Å². The fourth-order valence-electron chi connectivity index (χ4n) is 3.51. The van der Waals surface area contributed by atoms with Crippen LogP contribution in [-0.2, 0) is 6.54 Å². The van der Waals surface area contributed by atoms with Crippen LogP contribution in [-0.4, -0.2) is 26.7 Å². The van der Waals surface area contributed by atoms with E-state index in [0.717, 1.165) is 15.8 Å². The van der Waals surface area contributed by atoms with Crippen LogP contribution in [0.1, 0.15) is 21.6 Å². The van der Waals surface area contributed by atoms with Crippen molar-refractivity contribution in [1.82, 2.24) is 20.3 Å². The van der Waals surface area contributed by atoms with Crippen molar-refractivity contribution < 1.29 is 4.79 Å². The van der Waals surface area contributed by atoms with Crippen molar-refractivity contribution in [3.63, 3.8) is 0 Å². The van der Waals surface area contributed by atoms with Crippen molar-refractivity contribution in [2.24, 2.45) is 10.8 Å². The van der Waals surface area contributed by atoms with Crippen LogP contribution in [0.2, 0.25) is 0 Å². The lowest BCUT2D eigenvalue weighted by Gasteiger charge is -2.09. The van der Waals surface area contributed by atoms with Gasteiger partial charge in [-0.15, -0.1) is 0 Å². The number of fused-ring (bicyclic) bond motifs is 1. The van der Waals surface area contributed by atoms with Gasteiger partial charge in [0.15, 0.2) is 11.7 Å². The molecule has 0 bridgehead atoms. The lowest BCUT2D eigenvalue weighted by Crippen LogP contribution is -2.22. The molecule has 1 amide bonds. The van der Waals surface area contributed by atoms with Crippen LogP contribution >= 0.6 is 11.3 Å². The first-order chi connectivity index (χ1) is 17.6. The summed E-state index contributed by atoms with van der Waals surface area (Å²) in [6.07, 6.45) is 1.54. The number of hydrogen-bond donors (Lipinski definition) is 4. The molecule has 10 heteroatoms. The maximum Gasteiger partial charge on any atom is 0.251 e. The first-order valence-corrected chi connectivity index (χ1v) is 11.9. The number of amides is 1. The Bertz CT molecular complexity index is 1530. The first kappa shape index (κ1) is 22.9. The molecule has 0 aliphatic rings. The van der Waals surface area contributed by atoms with E-state index in [0.29, 0.717) is 28.5 Å². The number of hydrogen-bond acceptors (Lipinski definition) is 8. The van der Waals surface area contributed by atoms with Gasteiger partial charge < -0.3 is 16.8 Å². The number of hydrazone groups is 1. The molecule has 178 valence electrons. The van der Waals surface area contributed by atoms with Gasteiger partial charge in [-0.2, -0.15) is 5.10 Å². The Hall–Kier alpha value is -4.83. The number of nitrogens with two attached hydrogens (primary N) is 2. The highest BCUT2D eigenvalue weighted by molar-refractivity contribution is 7.22. The first-order valence-electron chi connectivity index (χ1n) is 11.1. The van der Waals surface area contributed by atoms with Gasteiger partial charge in [-0.1, -0.05) is 65.9 Å². The van der Waals surface area contributed by atoms with Gasteiger partial charge in [0.2, 0.25) is 5.13 Å². The van der Waals surface area contributed by atoms with E-state index in [4.69, 9.17) is 11.5 Å². The number of nitrogens with zero attached hydrogens (tertiary/aromatic N) is 4. The third-order valence-electron chi connectivity index (χ3n) is 5.33. The number of amidine groups is 1. The predicted octanol–water partition coefficient (Wildman–Crippen LogP) is 4.00. The van der Waals surface area contributed by atoms with Crippen molar-refractivity contribution >= 4 is 44.2 Å². The molecule has 2 aromatic heterocycles. The molecule has 3 aromatic carbocycles. The lowest BCUT2D eigenvalue weighted by molar-refractivity contribution is 0.0951. The van der Waals surface area contributed by atoms with Crippen LogP contribution in [0.3, 0.4) is 0 Å². The Labute approximate surface area is 210 Å². The summed E-state index contributed by atoms with van der Waals surface area (Å²) in [5, 5.41) is 7.72. The van der Waals surface area contributed by atoms with Crippen molar-refractivity contribution in [2.45, 2.75) is 6.54 Å². The normalized spacial score (nSPS) is 11.4. The fraction of sp³-hybridized carbons (Fsp3) is 0.0385. The molecule has 0 unspecified atom stereocenters. The van der Waals surface area contributed by atoms with Crippen LogP contribution in [0.25, 0.3) is 21.5 Å². The molecule has 0 saturated heterocycles. The summed E-state index contributed by atoms with van der Waals surface area (Å²) in [5.41, 5.74) is 18.9. The van der Waals surface area contributed by atoms with Gasteiger partial charge in [0, 0.05) is 17.7 Å². The minimum absolute atomic E-state index is 0.0675. The summed E-state index contributed by atoms with van der Waals surface area (Å²) in [5.74, 6) is 0.0196. The van der Waals surface area contributed by atoms with E-state index in [1.54, 1.807) is 18.2 Å². The van der Waals surface area contributed by atoms with Gasteiger partial charge in [0.25, 0.3) is 5.91 Å². The maximum atomic E-state index is 12.7. The molecule has 6 N–H and O–H groups in total. The van der Waals surface area contributed by atoms with E-state index < -0.39 is 0 Å². The number of aromatic nitrogens is 3. The molecule has 0 saturated carbocycles. The summed E-state index contributed by atoms with van der Waals surface area (Å²) >= 11 is 1.46. The second kappa shape index (κ2) is 10.2. The van der Waals surface area contributed by atoms with Crippen molar-refractivity contribution in [3.05, 3.63) is 102 Å². The maximum absolute atomic E-state index is 12.7. The zero-order valence-electron chi connectivity index (χ0n) is 19.1. The average Bonchev–Trinajstić information content (AvgIpc) is 3.34. The molecular formula is C26H22N8OS. The molecule has 9 nitrogen and oxygen atoms in total. The molecule has 0 fully saturated rings. The van der Waals surface area contributed by atoms with Crippen molar-refractivity contribution in [2.75, 3.05) is 11.2 Å². The number of nitrogens with one attached hydrogen (secondary N) is 2. The predicted molar refractivity (Wildman–Crippen MR) is 143 cm³/mol. The fourth-order valence-corrected chi connectivity index (χ4v) is 4.32. The van der Waals surface area contributed by atoms with Gasteiger partial charge in [-0.05, 0) is 29.8 Å². The van der Waals surface area contributed by atoms with E-state index in [1.165, 1.54) is 17.5 Å². The van der Waals surface area contributed by atoms with E-state index in [-0.39, 0.29) is 23.3 Å². The Morgan fingerprint density at radius 2 is 1.78 bits per heavy atom. The molecule has 0 aliphatic carbocycles. The van der Waals surface area contributed by atoms with Gasteiger partial charge >= 0.3 is 0 Å². The molecular weight excluding hydrogens is 472 g/mol. The highest BCUT2D eigenvalue weighted by atomic mass is 32.1. The number of carbonyl (C=O) groups is 1. The second-order valence-electron chi connectivity index (χ2n) is 7.83. The number of nitrogen functional groups attached to an aromatic ring is 1. The summed E-state index contributed by atoms with van der Waals surface area (Å²) < 4.78 is 1.03. The monoisotopic (exact) mass is 494 g/mol. The lowest BCUT2D eigenvalue weighted by atomic mass is 10.1. The van der Waals surface area contributed by atoms with E-state index in [9.17, 15) is 4.79 Å². The van der Waals surface area contributed by atoms with Gasteiger partial charge in [0.05, 0.1) is 22.1 Å². The number of carbonyl (C=O) groups excluding carboxylic acids is 1. The molecule has 5 rings (SSSR count).